The summed E-state index contributed by atoms with van der Waals surface area (Å²) in [5.41, 5.74) is 0.696. The minimum Gasteiger partial charge on any atom is -0.376 e. The van der Waals surface area contributed by atoms with Gasteiger partial charge in [-0.2, -0.15) is 4.98 Å². The van der Waals surface area contributed by atoms with Crippen molar-refractivity contribution in [2.75, 3.05) is 13.2 Å². The molecule has 1 aromatic carbocycles. The number of amides is 1. The van der Waals surface area contributed by atoms with Crippen molar-refractivity contribution < 1.29 is 18.4 Å². The maximum absolute atomic E-state index is 13.1. The molecule has 1 aliphatic heterocycles. The van der Waals surface area contributed by atoms with Crippen LogP contribution in [0.2, 0.25) is 0 Å². The highest BCUT2D eigenvalue weighted by molar-refractivity contribution is 7.09. The van der Waals surface area contributed by atoms with Crippen molar-refractivity contribution in [1.82, 2.24) is 15.0 Å². The van der Waals surface area contributed by atoms with Crippen molar-refractivity contribution in [3.8, 4) is 11.4 Å². The highest BCUT2D eigenvalue weighted by Crippen LogP contribution is 2.20. The summed E-state index contributed by atoms with van der Waals surface area (Å²) in [4.78, 5) is 20.3. The predicted molar refractivity (Wildman–Crippen MR) is 111 cm³/mol. The zero-order chi connectivity index (χ0) is 20.8. The van der Waals surface area contributed by atoms with Gasteiger partial charge in [-0.1, -0.05) is 11.2 Å². The first-order valence-electron chi connectivity index (χ1n) is 10.2. The summed E-state index contributed by atoms with van der Waals surface area (Å²) in [6.45, 7) is 2.02. The van der Waals surface area contributed by atoms with Crippen molar-refractivity contribution in [2.45, 2.75) is 44.8 Å². The Kier molecular flexibility index (Phi) is 6.86. The van der Waals surface area contributed by atoms with Gasteiger partial charge in [0.05, 0.1) is 12.6 Å². The number of ether oxygens (including phenoxy) is 1. The van der Waals surface area contributed by atoms with Crippen molar-refractivity contribution in [2.24, 2.45) is 0 Å². The summed E-state index contributed by atoms with van der Waals surface area (Å²) in [5, 5.41) is 5.97. The molecule has 6 nitrogen and oxygen atoms in total. The van der Waals surface area contributed by atoms with E-state index in [1.54, 1.807) is 23.5 Å². The molecule has 1 fully saturated rings. The fourth-order valence-electron chi connectivity index (χ4n) is 3.50. The number of aryl methyl sites for hydroxylation is 1. The number of halogens is 1. The lowest BCUT2D eigenvalue weighted by Gasteiger charge is -2.25. The monoisotopic (exact) mass is 429 g/mol. The topological polar surface area (TPSA) is 68.5 Å². The van der Waals surface area contributed by atoms with Crippen LogP contribution in [0.15, 0.2) is 46.3 Å². The number of hydrogen-bond donors (Lipinski definition) is 0. The van der Waals surface area contributed by atoms with Crippen LogP contribution in [0.1, 0.15) is 36.5 Å². The number of thiophene rings is 1. The second-order valence-electron chi connectivity index (χ2n) is 7.36. The minimum absolute atomic E-state index is 0.108. The molecule has 1 aliphatic rings. The van der Waals surface area contributed by atoms with Gasteiger partial charge in [-0.15, -0.1) is 11.3 Å². The van der Waals surface area contributed by atoms with Gasteiger partial charge in [0.25, 0.3) is 0 Å². The molecule has 0 bridgehead atoms. The molecular weight excluding hydrogens is 405 g/mol. The van der Waals surface area contributed by atoms with Crippen LogP contribution < -0.4 is 0 Å². The molecule has 1 amide bonds. The van der Waals surface area contributed by atoms with Crippen LogP contribution in [-0.2, 0) is 22.5 Å². The maximum atomic E-state index is 13.1. The van der Waals surface area contributed by atoms with Gasteiger partial charge in [0.15, 0.2) is 0 Å². The molecule has 158 valence electrons. The first kappa shape index (κ1) is 20.7. The normalized spacial score (nSPS) is 16.1. The summed E-state index contributed by atoms with van der Waals surface area (Å²) in [6, 6.07) is 10.0. The van der Waals surface area contributed by atoms with E-state index in [0.29, 0.717) is 49.6 Å². The van der Waals surface area contributed by atoms with Crippen molar-refractivity contribution in [3.05, 3.63) is 58.4 Å². The zero-order valence-electron chi connectivity index (χ0n) is 16.6. The lowest BCUT2D eigenvalue weighted by molar-refractivity contribution is -0.133. The Bertz CT molecular complexity index is 937. The first-order chi connectivity index (χ1) is 14.7. The largest absolute Gasteiger partial charge is 0.376 e. The molecule has 8 heteroatoms. The average Bonchev–Trinajstić information content (AvgIpc) is 3.51. The summed E-state index contributed by atoms with van der Waals surface area (Å²) >= 11 is 1.66. The number of nitrogens with zero attached hydrogens (tertiary/aromatic N) is 3. The summed E-state index contributed by atoms with van der Waals surface area (Å²) in [7, 11) is 0. The third-order valence-corrected chi connectivity index (χ3v) is 5.94. The van der Waals surface area contributed by atoms with Crippen LogP contribution in [0.25, 0.3) is 11.4 Å². The minimum atomic E-state index is -0.309. The number of carbonyl (C=O) groups is 1. The summed E-state index contributed by atoms with van der Waals surface area (Å²) in [5.74, 6) is 0.702. The Morgan fingerprint density at radius 2 is 2.13 bits per heavy atom. The zero-order valence-corrected chi connectivity index (χ0v) is 17.4. The lowest BCUT2D eigenvalue weighted by atomic mass is 10.2. The molecule has 0 spiro atoms. The summed E-state index contributed by atoms with van der Waals surface area (Å²) < 4.78 is 24.1. The Balaban J connectivity index is 1.31. The van der Waals surface area contributed by atoms with E-state index in [2.05, 4.69) is 16.2 Å². The maximum Gasteiger partial charge on any atom is 0.226 e. The van der Waals surface area contributed by atoms with E-state index < -0.39 is 0 Å². The first-order valence-corrected chi connectivity index (χ1v) is 11.1. The quantitative estimate of drug-likeness (QED) is 0.502. The molecule has 1 unspecified atom stereocenters. The smallest absolute Gasteiger partial charge is 0.226 e. The molecule has 0 N–H and O–H groups in total. The van der Waals surface area contributed by atoms with Crippen LogP contribution in [0.3, 0.4) is 0 Å². The van der Waals surface area contributed by atoms with Gasteiger partial charge in [-0.25, -0.2) is 4.39 Å². The van der Waals surface area contributed by atoms with Crippen LogP contribution in [0.5, 0.6) is 0 Å². The van der Waals surface area contributed by atoms with Gasteiger partial charge in [0, 0.05) is 36.4 Å². The van der Waals surface area contributed by atoms with Gasteiger partial charge in [-0.3, -0.25) is 4.79 Å². The van der Waals surface area contributed by atoms with Crippen molar-refractivity contribution in [3.63, 3.8) is 0 Å². The molecule has 1 atom stereocenters. The van der Waals surface area contributed by atoms with Crippen molar-refractivity contribution in [1.29, 1.82) is 0 Å². The van der Waals surface area contributed by atoms with E-state index in [1.807, 2.05) is 16.3 Å². The third-order valence-electron chi connectivity index (χ3n) is 5.08. The predicted octanol–water partition coefficient (Wildman–Crippen LogP) is 4.47. The van der Waals surface area contributed by atoms with Crippen LogP contribution in [0.4, 0.5) is 4.39 Å². The molecule has 4 rings (SSSR count). The molecule has 2 aromatic heterocycles. The van der Waals surface area contributed by atoms with Gasteiger partial charge >= 0.3 is 0 Å². The molecule has 0 aliphatic carbocycles. The molecule has 1 saturated heterocycles. The fourth-order valence-corrected chi connectivity index (χ4v) is 4.22. The van der Waals surface area contributed by atoms with Gasteiger partial charge in [0.2, 0.25) is 17.6 Å². The second-order valence-corrected chi connectivity index (χ2v) is 8.39. The Morgan fingerprint density at radius 3 is 2.87 bits per heavy atom. The van der Waals surface area contributed by atoms with E-state index in [4.69, 9.17) is 9.26 Å². The van der Waals surface area contributed by atoms with Gasteiger partial charge in [0.1, 0.15) is 5.82 Å². The number of rotatable bonds is 9. The van der Waals surface area contributed by atoms with E-state index >= 15 is 0 Å². The Labute approximate surface area is 178 Å². The molecule has 30 heavy (non-hydrogen) atoms. The van der Waals surface area contributed by atoms with Gasteiger partial charge in [-0.05, 0) is 55.0 Å². The van der Waals surface area contributed by atoms with Crippen LogP contribution in [-0.4, -0.2) is 40.2 Å². The van der Waals surface area contributed by atoms with Crippen LogP contribution in [0, 0.1) is 5.82 Å². The van der Waals surface area contributed by atoms with E-state index in [-0.39, 0.29) is 17.8 Å². The molecule has 0 radical (unpaired) electrons. The Morgan fingerprint density at radius 1 is 1.27 bits per heavy atom. The number of benzene rings is 1. The van der Waals surface area contributed by atoms with E-state index in [1.165, 1.54) is 17.0 Å². The molecule has 0 saturated carbocycles. The number of hydrogen-bond acceptors (Lipinski definition) is 6. The molecular formula is C22H24FN3O3S. The highest BCUT2D eigenvalue weighted by Gasteiger charge is 2.23. The average molecular weight is 430 g/mol. The SMILES string of the molecule is O=C(CCCc1nc(-c2ccc(F)cc2)no1)N(Cc1cccs1)CC1CCCO1. The second kappa shape index (κ2) is 9.95. The third kappa shape index (κ3) is 5.52. The standard InChI is InChI=1S/C22H24FN3O3S/c23-17-10-8-16(9-11-17)22-24-20(29-25-22)6-1-7-21(27)26(14-18-4-2-12-28-18)15-19-5-3-13-30-19/h3,5,8-11,13,18H,1-2,4,6-7,12,14-15H2. The van der Waals surface area contributed by atoms with Gasteiger partial charge < -0.3 is 14.2 Å². The molecule has 3 heterocycles. The molecule has 3 aromatic rings. The van der Waals surface area contributed by atoms with Crippen molar-refractivity contribution >= 4 is 17.2 Å². The number of aromatic nitrogens is 2. The lowest BCUT2D eigenvalue weighted by Crippen LogP contribution is -2.36. The highest BCUT2D eigenvalue weighted by atomic mass is 32.1. The number of carbonyl (C=O) groups excluding carboxylic acids is 1. The van der Waals surface area contributed by atoms with E-state index in [0.717, 1.165) is 19.4 Å². The fraction of sp³-hybridized carbons (Fsp3) is 0.409. The van der Waals surface area contributed by atoms with E-state index in [9.17, 15) is 9.18 Å². The Hall–Kier alpha value is -2.58. The van der Waals surface area contributed by atoms with Crippen LogP contribution >= 0.6 is 11.3 Å². The summed E-state index contributed by atoms with van der Waals surface area (Å²) in [6.07, 6.45) is 3.74.